The van der Waals surface area contributed by atoms with Crippen LogP contribution in [0.1, 0.15) is 16.8 Å². The zero-order chi connectivity index (χ0) is 23.0. The number of para-hydroxylation sites is 1. The minimum Gasteiger partial charge on any atom is -0.360 e. The van der Waals surface area contributed by atoms with Crippen LogP contribution in [0.3, 0.4) is 0 Å². The highest BCUT2D eigenvalue weighted by Gasteiger charge is 2.41. The molecule has 0 unspecified atom stereocenters. The lowest BCUT2D eigenvalue weighted by Crippen LogP contribution is -2.32. The summed E-state index contributed by atoms with van der Waals surface area (Å²) in [4.78, 5) is 20.9. The number of aromatic nitrogens is 2. The molecule has 31 heavy (non-hydrogen) atoms. The quantitative estimate of drug-likeness (QED) is 0.574. The summed E-state index contributed by atoms with van der Waals surface area (Å²) in [6.45, 7) is -0.716. The van der Waals surface area contributed by atoms with Crippen LogP contribution < -0.4 is 10.2 Å². The van der Waals surface area contributed by atoms with Crippen LogP contribution in [0.4, 0.5) is 37.3 Å². The fourth-order valence-electron chi connectivity index (χ4n) is 2.54. The van der Waals surface area contributed by atoms with Gasteiger partial charge in [0.05, 0.1) is 22.3 Å². The Bertz CT molecular complexity index is 1150. The number of hydrogen-bond acceptors (Lipinski definition) is 6. The molecular formula is C18H11F6N5OS. The summed E-state index contributed by atoms with van der Waals surface area (Å²) >= 11 is 1.18. The summed E-state index contributed by atoms with van der Waals surface area (Å²) in [5.74, 6) is -1.70. The highest BCUT2D eigenvalue weighted by molar-refractivity contribution is 7.22. The number of halogens is 6. The van der Waals surface area contributed by atoms with Crippen LogP contribution in [0, 0.1) is 11.3 Å². The second kappa shape index (κ2) is 8.03. The molecule has 3 rings (SSSR count). The van der Waals surface area contributed by atoms with Crippen molar-refractivity contribution in [1.82, 2.24) is 9.97 Å². The maximum atomic E-state index is 13.2. The van der Waals surface area contributed by atoms with Crippen molar-refractivity contribution in [2.75, 3.05) is 23.8 Å². The average Bonchev–Trinajstić information content (AvgIpc) is 3.13. The van der Waals surface area contributed by atoms with Crippen molar-refractivity contribution >= 4 is 38.4 Å². The van der Waals surface area contributed by atoms with Gasteiger partial charge in [-0.05, 0) is 18.2 Å². The number of benzene rings is 1. The Balaban J connectivity index is 1.89. The van der Waals surface area contributed by atoms with E-state index in [0.29, 0.717) is 5.52 Å². The monoisotopic (exact) mass is 459 g/mol. The van der Waals surface area contributed by atoms with E-state index in [1.165, 1.54) is 24.5 Å². The lowest BCUT2D eigenvalue weighted by molar-refractivity contribution is -0.145. The van der Waals surface area contributed by atoms with Crippen LogP contribution in [0.5, 0.6) is 0 Å². The van der Waals surface area contributed by atoms with Gasteiger partial charge in [0, 0.05) is 7.05 Å². The molecule has 0 saturated carbocycles. The Kier molecular flexibility index (Phi) is 5.77. The highest BCUT2D eigenvalue weighted by atomic mass is 32.1. The smallest absolute Gasteiger partial charge is 0.360 e. The number of rotatable bonds is 4. The number of nitriles is 1. The number of nitrogens with zero attached hydrogens (tertiary/aromatic N) is 4. The predicted octanol–water partition coefficient (Wildman–Crippen LogP) is 4.68. The van der Waals surface area contributed by atoms with Gasteiger partial charge >= 0.3 is 12.4 Å². The molecule has 0 spiro atoms. The van der Waals surface area contributed by atoms with Crippen molar-refractivity contribution in [3.8, 4) is 6.07 Å². The lowest BCUT2D eigenvalue weighted by Gasteiger charge is -2.18. The standard InChI is InChI=1S/C18H11F6N5OS/c1-29(16-27-11-4-2-3-5-12(11)31-16)14(30)8-26-15-9(7-25)10(17(19,20)21)6-13(28-15)18(22,23)24/h2-6H,8H2,1H3,(H,26,28). The van der Waals surface area contributed by atoms with Gasteiger partial charge < -0.3 is 5.32 Å². The molecule has 1 amide bonds. The molecule has 13 heteroatoms. The fraction of sp³-hybridized carbons (Fsp3) is 0.222. The number of likely N-dealkylation sites (N-methyl/N-ethyl adjacent to an activating group) is 1. The molecular weight excluding hydrogens is 448 g/mol. The van der Waals surface area contributed by atoms with Crippen LogP contribution in [0.25, 0.3) is 10.2 Å². The molecule has 0 fully saturated rings. The van der Waals surface area contributed by atoms with Crippen LogP contribution in [-0.4, -0.2) is 29.5 Å². The van der Waals surface area contributed by atoms with E-state index in [9.17, 15) is 31.1 Å². The maximum absolute atomic E-state index is 13.2. The molecule has 3 aromatic rings. The minimum absolute atomic E-state index is 0.237. The van der Waals surface area contributed by atoms with Crippen molar-refractivity contribution in [3.05, 3.63) is 47.2 Å². The van der Waals surface area contributed by atoms with Crippen molar-refractivity contribution in [2.24, 2.45) is 0 Å². The second-order valence-electron chi connectivity index (χ2n) is 6.16. The van der Waals surface area contributed by atoms with Crippen molar-refractivity contribution in [1.29, 1.82) is 5.26 Å². The topological polar surface area (TPSA) is 81.9 Å². The number of anilines is 2. The predicted molar refractivity (Wildman–Crippen MR) is 100 cm³/mol. The van der Waals surface area contributed by atoms with Crippen molar-refractivity contribution in [3.63, 3.8) is 0 Å². The third kappa shape index (κ3) is 4.69. The van der Waals surface area contributed by atoms with E-state index in [1.807, 2.05) is 0 Å². The minimum atomic E-state index is -5.23. The van der Waals surface area contributed by atoms with Crippen molar-refractivity contribution < 1.29 is 31.1 Å². The van der Waals surface area contributed by atoms with Gasteiger partial charge in [-0.1, -0.05) is 23.5 Å². The Labute approximate surface area is 174 Å². The Morgan fingerprint density at radius 3 is 2.42 bits per heavy atom. The number of carbonyl (C=O) groups is 1. The summed E-state index contributed by atoms with van der Waals surface area (Å²) in [6, 6.07) is 7.98. The van der Waals surface area contributed by atoms with E-state index >= 15 is 0 Å². The van der Waals surface area contributed by atoms with Gasteiger partial charge in [0.2, 0.25) is 5.91 Å². The maximum Gasteiger partial charge on any atom is 0.433 e. The molecule has 0 aliphatic rings. The lowest BCUT2D eigenvalue weighted by atomic mass is 10.1. The van der Waals surface area contributed by atoms with Crippen LogP contribution in [0.15, 0.2) is 30.3 Å². The van der Waals surface area contributed by atoms with E-state index in [0.717, 1.165) is 9.60 Å². The molecule has 1 N–H and O–H groups in total. The van der Waals surface area contributed by atoms with E-state index in [4.69, 9.17) is 5.26 Å². The first-order valence-electron chi connectivity index (χ1n) is 8.37. The first-order valence-corrected chi connectivity index (χ1v) is 9.19. The SMILES string of the molecule is CN(C(=O)CNc1nc(C(F)(F)F)cc(C(F)(F)F)c1C#N)c1nc2ccccc2s1. The first kappa shape index (κ1) is 22.3. The number of pyridine rings is 1. The van der Waals surface area contributed by atoms with Gasteiger partial charge in [0.25, 0.3) is 0 Å². The normalized spacial score (nSPS) is 11.9. The van der Waals surface area contributed by atoms with Crippen LogP contribution in [0.2, 0.25) is 0 Å². The summed E-state index contributed by atoms with van der Waals surface area (Å²) in [7, 11) is 1.35. The number of hydrogen-bond donors (Lipinski definition) is 1. The number of thiazole rings is 1. The van der Waals surface area contributed by atoms with E-state index in [-0.39, 0.29) is 11.2 Å². The van der Waals surface area contributed by atoms with Gasteiger partial charge in [-0.25, -0.2) is 9.97 Å². The molecule has 0 bridgehead atoms. The van der Waals surface area contributed by atoms with E-state index < -0.39 is 47.4 Å². The molecule has 0 aliphatic carbocycles. The van der Waals surface area contributed by atoms with Gasteiger partial charge in [-0.15, -0.1) is 0 Å². The van der Waals surface area contributed by atoms with Gasteiger partial charge in [-0.2, -0.15) is 31.6 Å². The number of alkyl halides is 6. The third-order valence-electron chi connectivity index (χ3n) is 4.08. The van der Waals surface area contributed by atoms with Crippen LogP contribution >= 0.6 is 11.3 Å². The Morgan fingerprint density at radius 2 is 1.84 bits per heavy atom. The Morgan fingerprint density at radius 1 is 1.16 bits per heavy atom. The van der Waals surface area contributed by atoms with E-state index in [2.05, 4.69) is 15.3 Å². The molecule has 2 heterocycles. The van der Waals surface area contributed by atoms with Gasteiger partial charge in [-0.3, -0.25) is 9.69 Å². The third-order valence-corrected chi connectivity index (χ3v) is 5.19. The summed E-state index contributed by atoms with van der Waals surface area (Å²) in [6.07, 6.45) is -10.4. The summed E-state index contributed by atoms with van der Waals surface area (Å²) in [5, 5.41) is 11.5. The highest BCUT2D eigenvalue weighted by Crippen LogP contribution is 2.38. The summed E-state index contributed by atoms with van der Waals surface area (Å²) < 4.78 is 79.3. The fourth-order valence-corrected chi connectivity index (χ4v) is 3.49. The molecule has 0 aliphatic heterocycles. The van der Waals surface area contributed by atoms with E-state index in [1.54, 1.807) is 24.3 Å². The molecule has 0 saturated heterocycles. The Hall–Kier alpha value is -3.40. The van der Waals surface area contributed by atoms with Gasteiger partial charge in [0.15, 0.2) is 5.13 Å². The second-order valence-corrected chi connectivity index (χ2v) is 7.17. The number of amides is 1. The zero-order valence-electron chi connectivity index (χ0n) is 15.5. The van der Waals surface area contributed by atoms with Crippen molar-refractivity contribution in [2.45, 2.75) is 12.4 Å². The molecule has 162 valence electrons. The zero-order valence-corrected chi connectivity index (χ0v) is 16.3. The molecule has 6 nitrogen and oxygen atoms in total. The molecule has 1 aromatic carbocycles. The van der Waals surface area contributed by atoms with Crippen LogP contribution in [-0.2, 0) is 17.1 Å². The summed E-state index contributed by atoms with van der Waals surface area (Å²) in [5.41, 5.74) is -4.16. The number of nitrogens with one attached hydrogen (secondary N) is 1. The van der Waals surface area contributed by atoms with Gasteiger partial charge in [0.1, 0.15) is 23.1 Å². The first-order chi connectivity index (χ1) is 14.4. The average molecular weight is 459 g/mol. The molecule has 2 aromatic heterocycles. The largest absolute Gasteiger partial charge is 0.433 e. The molecule has 0 radical (unpaired) electrons. The molecule has 0 atom stereocenters. The number of fused-ring (bicyclic) bond motifs is 1. The number of carbonyl (C=O) groups excluding carboxylic acids is 1.